The Morgan fingerprint density at radius 2 is 1.43 bits per heavy atom. The van der Waals surface area contributed by atoms with E-state index in [0.717, 1.165) is 12.1 Å². The quantitative estimate of drug-likeness (QED) is 0.431. The minimum atomic E-state index is -0.0875. The molecule has 0 aliphatic heterocycles. The molecule has 0 fully saturated rings. The number of allylic oxidation sites excluding steroid dienone is 1. The topological polar surface area (TPSA) is 12.4 Å². The highest BCUT2D eigenvalue weighted by Crippen LogP contribution is 2.39. The molecule has 0 aliphatic rings. The summed E-state index contributed by atoms with van der Waals surface area (Å²) in [5.41, 5.74) is 6.20. The van der Waals surface area contributed by atoms with Gasteiger partial charge in [-0.2, -0.15) is 0 Å². The van der Waals surface area contributed by atoms with Gasteiger partial charge in [-0.3, -0.25) is 4.99 Å². The zero-order valence-electron chi connectivity index (χ0n) is 18.4. The SMILES string of the molecule is C=CN=C(C=C)C(C)(C)Cc1ccc(C(C)(c2ccc(C)cc2)C(C)C)cc1. The summed E-state index contributed by atoms with van der Waals surface area (Å²) in [6, 6.07) is 18.1. The maximum absolute atomic E-state index is 4.40. The number of aliphatic imine (C=N–C) groups is 1. The highest BCUT2D eigenvalue weighted by molar-refractivity contribution is 5.99. The second-order valence-corrected chi connectivity index (χ2v) is 8.88. The molecule has 1 atom stereocenters. The van der Waals surface area contributed by atoms with Crippen LogP contribution < -0.4 is 0 Å². The van der Waals surface area contributed by atoms with Crippen molar-refractivity contribution in [2.45, 2.75) is 53.4 Å². The number of nitrogens with zero attached hydrogens (tertiary/aromatic N) is 1. The standard InChI is InChI=1S/C27H35N/c1-9-25(28-10-2)26(6,7)19-22-13-17-24(18-14-22)27(8,20(3)4)23-15-11-21(5)12-16-23/h9-18,20H,1-2,19H2,3-8H3. The highest BCUT2D eigenvalue weighted by Gasteiger charge is 2.32. The summed E-state index contributed by atoms with van der Waals surface area (Å²) in [6.07, 6.45) is 4.34. The molecule has 0 spiro atoms. The smallest absolute Gasteiger partial charge is 0.0456 e. The number of rotatable bonds is 8. The molecular weight excluding hydrogens is 338 g/mol. The first kappa shape index (κ1) is 21.9. The van der Waals surface area contributed by atoms with E-state index in [2.05, 4.69) is 108 Å². The van der Waals surface area contributed by atoms with Gasteiger partial charge in [0, 0.05) is 22.7 Å². The van der Waals surface area contributed by atoms with Crippen molar-refractivity contribution in [1.29, 1.82) is 0 Å². The molecule has 0 saturated heterocycles. The van der Waals surface area contributed by atoms with Gasteiger partial charge in [-0.05, 0) is 42.0 Å². The van der Waals surface area contributed by atoms with Crippen LogP contribution in [-0.4, -0.2) is 5.71 Å². The first-order valence-corrected chi connectivity index (χ1v) is 10.1. The van der Waals surface area contributed by atoms with Crippen LogP contribution in [0.2, 0.25) is 0 Å². The molecule has 0 aliphatic carbocycles. The summed E-state index contributed by atoms with van der Waals surface area (Å²) in [4.78, 5) is 4.40. The molecule has 0 N–H and O–H groups in total. The van der Waals surface area contributed by atoms with Crippen LogP contribution in [0.15, 0.2) is 79.0 Å². The van der Waals surface area contributed by atoms with Crippen molar-refractivity contribution >= 4 is 5.71 Å². The van der Waals surface area contributed by atoms with Crippen LogP contribution in [0.25, 0.3) is 0 Å². The largest absolute Gasteiger partial charge is 0.261 e. The lowest BCUT2D eigenvalue weighted by Gasteiger charge is -2.35. The third-order valence-electron chi connectivity index (χ3n) is 6.12. The Kier molecular flexibility index (Phi) is 6.82. The van der Waals surface area contributed by atoms with Crippen LogP contribution in [0.5, 0.6) is 0 Å². The van der Waals surface area contributed by atoms with Gasteiger partial charge in [-0.15, -0.1) is 0 Å². The fourth-order valence-corrected chi connectivity index (χ4v) is 3.90. The van der Waals surface area contributed by atoms with Crippen molar-refractivity contribution in [2.24, 2.45) is 16.3 Å². The first-order chi connectivity index (χ1) is 13.1. The van der Waals surface area contributed by atoms with Crippen LogP contribution in [0, 0.1) is 18.3 Å². The van der Waals surface area contributed by atoms with Crippen molar-refractivity contribution in [2.75, 3.05) is 0 Å². The number of hydrogen-bond acceptors (Lipinski definition) is 1. The molecule has 1 heteroatoms. The predicted molar refractivity (Wildman–Crippen MR) is 124 cm³/mol. The Hall–Kier alpha value is -2.41. The zero-order chi connectivity index (χ0) is 20.9. The van der Waals surface area contributed by atoms with E-state index in [4.69, 9.17) is 0 Å². The van der Waals surface area contributed by atoms with Gasteiger partial charge in [0.25, 0.3) is 0 Å². The summed E-state index contributed by atoms with van der Waals surface area (Å²) in [6.45, 7) is 21.1. The van der Waals surface area contributed by atoms with Crippen molar-refractivity contribution in [3.05, 3.63) is 96.2 Å². The van der Waals surface area contributed by atoms with Gasteiger partial charge in [-0.25, -0.2) is 0 Å². The van der Waals surface area contributed by atoms with E-state index in [1.54, 1.807) is 6.20 Å². The molecule has 0 aromatic heterocycles. The Morgan fingerprint density at radius 3 is 1.86 bits per heavy atom. The average Bonchev–Trinajstić information content (AvgIpc) is 2.66. The lowest BCUT2D eigenvalue weighted by molar-refractivity contribution is 0.405. The van der Waals surface area contributed by atoms with Gasteiger partial charge in [0.2, 0.25) is 0 Å². The van der Waals surface area contributed by atoms with Crippen LogP contribution in [0.1, 0.15) is 56.9 Å². The third-order valence-corrected chi connectivity index (χ3v) is 6.12. The van der Waals surface area contributed by atoms with E-state index in [0.29, 0.717) is 5.92 Å². The molecule has 1 unspecified atom stereocenters. The van der Waals surface area contributed by atoms with E-state index in [1.807, 2.05) is 6.08 Å². The summed E-state index contributed by atoms with van der Waals surface area (Å²) in [5, 5.41) is 0. The van der Waals surface area contributed by atoms with Gasteiger partial charge in [-0.1, -0.05) is 102 Å². The van der Waals surface area contributed by atoms with E-state index in [9.17, 15) is 0 Å². The van der Waals surface area contributed by atoms with Crippen LogP contribution in [-0.2, 0) is 11.8 Å². The Balaban J connectivity index is 2.36. The van der Waals surface area contributed by atoms with Gasteiger partial charge >= 0.3 is 0 Å². The molecule has 2 rings (SSSR count). The fourth-order valence-electron chi connectivity index (χ4n) is 3.90. The van der Waals surface area contributed by atoms with Gasteiger partial charge < -0.3 is 0 Å². The summed E-state index contributed by atoms with van der Waals surface area (Å²) in [5.74, 6) is 0.490. The Bertz CT molecular complexity index is 835. The first-order valence-electron chi connectivity index (χ1n) is 10.1. The van der Waals surface area contributed by atoms with Crippen molar-refractivity contribution in [3.8, 4) is 0 Å². The molecule has 148 valence electrons. The fraction of sp³-hybridized carbons (Fsp3) is 0.370. The number of benzene rings is 2. The van der Waals surface area contributed by atoms with E-state index in [1.165, 1.54) is 22.3 Å². The average molecular weight is 374 g/mol. The second-order valence-electron chi connectivity index (χ2n) is 8.88. The molecule has 1 nitrogen and oxygen atoms in total. The molecule has 0 amide bonds. The molecule has 0 heterocycles. The van der Waals surface area contributed by atoms with Crippen molar-refractivity contribution < 1.29 is 0 Å². The van der Waals surface area contributed by atoms with Gasteiger partial charge in [0.15, 0.2) is 0 Å². The van der Waals surface area contributed by atoms with Crippen LogP contribution >= 0.6 is 0 Å². The minimum Gasteiger partial charge on any atom is -0.261 e. The van der Waals surface area contributed by atoms with Crippen molar-refractivity contribution in [3.63, 3.8) is 0 Å². The molecule has 2 aromatic carbocycles. The third kappa shape index (κ3) is 4.52. The maximum atomic E-state index is 4.40. The summed E-state index contributed by atoms with van der Waals surface area (Å²) in [7, 11) is 0. The minimum absolute atomic E-state index is 0.0156. The lowest BCUT2D eigenvalue weighted by atomic mass is 9.68. The lowest BCUT2D eigenvalue weighted by Crippen LogP contribution is -2.30. The molecule has 2 aromatic rings. The Labute approximate surface area is 171 Å². The predicted octanol–water partition coefficient (Wildman–Crippen LogP) is 7.30. The van der Waals surface area contributed by atoms with Gasteiger partial charge in [0.1, 0.15) is 0 Å². The van der Waals surface area contributed by atoms with Crippen molar-refractivity contribution in [1.82, 2.24) is 0 Å². The number of hydrogen-bond donors (Lipinski definition) is 0. The molecule has 28 heavy (non-hydrogen) atoms. The molecular formula is C27H35N. The van der Waals surface area contributed by atoms with E-state index in [-0.39, 0.29) is 10.8 Å². The van der Waals surface area contributed by atoms with Crippen LogP contribution in [0.3, 0.4) is 0 Å². The monoisotopic (exact) mass is 373 g/mol. The van der Waals surface area contributed by atoms with Gasteiger partial charge in [0.05, 0.1) is 0 Å². The van der Waals surface area contributed by atoms with E-state index >= 15 is 0 Å². The zero-order valence-corrected chi connectivity index (χ0v) is 18.4. The van der Waals surface area contributed by atoms with Crippen LogP contribution in [0.4, 0.5) is 0 Å². The van der Waals surface area contributed by atoms with E-state index < -0.39 is 0 Å². The number of aryl methyl sites for hydroxylation is 1. The molecule has 0 bridgehead atoms. The normalized spacial score (nSPS) is 14.6. The highest BCUT2D eigenvalue weighted by atomic mass is 14.7. The molecule has 0 radical (unpaired) electrons. The summed E-state index contributed by atoms with van der Waals surface area (Å²) >= 11 is 0. The summed E-state index contributed by atoms with van der Waals surface area (Å²) < 4.78 is 0. The molecule has 0 saturated carbocycles. The Morgan fingerprint density at radius 1 is 0.929 bits per heavy atom. The second kappa shape index (κ2) is 8.73. The maximum Gasteiger partial charge on any atom is 0.0456 e.